The highest BCUT2D eigenvalue weighted by Crippen LogP contribution is 2.27. The lowest BCUT2D eigenvalue weighted by Gasteiger charge is -2.34. The molecule has 0 saturated heterocycles. The number of rotatable bonds is 14. The number of hydrogen-bond donors (Lipinski definition) is 1. The number of anilines is 1. The van der Waals surface area contributed by atoms with E-state index in [1.165, 1.54) is 24.1 Å². The second-order valence-corrected chi connectivity index (χ2v) is 13.5. The van der Waals surface area contributed by atoms with Gasteiger partial charge in [0.25, 0.3) is 10.0 Å². The number of methoxy groups -OCH3 is 1. The van der Waals surface area contributed by atoms with Crippen molar-refractivity contribution in [3.8, 4) is 5.75 Å². The molecule has 0 bridgehead atoms. The first-order valence-electron chi connectivity index (χ1n) is 14.7. The number of sulfonamides is 1. The highest BCUT2D eigenvalue weighted by Gasteiger charge is 2.35. The van der Waals surface area contributed by atoms with Gasteiger partial charge in [0.05, 0.1) is 17.7 Å². The Morgan fingerprint density at radius 2 is 1.44 bits per heavy atom. The molecule has 4 aromatic carbocycles. The van der Waals surface area contributed by atoms with E-state index >= 15 is 0 Å². The molecular weight excluding hydrogens is 654 g/mol. The molecule has 2 unspecified atom stereocenters. The van der Waals surface area contributed by atoms with Crippen molar-refractivity contribution < 1.29 is 22.7 Å². The van der Waals surface area contributed by atoms with Crippen LogP contribution in [0.2, 0.25) is 0 Å². The molecule has 0 aliphatic heterocycles. The summed E-state index contributed by atoms with van der Waals surface area (Å²) >= 11 is 3.46. The Bertz CT molecular complexity index is 1650. The topological polar surface area (TPSA) is 96.0 Å². The molecule has 0 saturated carbocycles. The maximum atomic E-state index is 14.5. The molecule has 10 heteroatoms. The lowest BCUT2D eigenvalue weighted by atomic mass is 10.0. The largest absolute Gasteiger partial charge is 0.497 e. The molecule has 0 radical (unpaired) electrons. The monoisotopic (exact) mass is 691 g/mol. The molecule has 0 heterocycles. The van der Waals surface area contributed by atoms with Crippen molar-refractivity contribution in [2.24, 2.45) is 0 Å². The fourth-order valence-corrected chi connectivity index (χ4v) is 6.48. The van der Waals surface area contributed by atoms with Crippen LogP contribution in [0, 0.1) is 0 Å². The molecule has 8 nitrogen and oxygen atoms in total. The van der Waals surface area contributed by atoms with E-state index in [9.17, 15) is 18.0 Å². The SMILES string of the molecule is CCC(C)NC(=O)C(Cc1ccccc1)N(Cc1ccc(Br)cc1)C(=O)CN(c1ccc(OC)cc1)S(=O)(=O)c1ccccc1. The van der Waals surface area contributed by atoms with Gasteiger partial charge < -0.3 is 15.0 Å². The lowest BCUT2D eigenvalue weighted by molar-refractivity contribution is -0.140. The summed E-state index contributed by atoms with van der Waals surface area (Å²) in [6, 6.07) is 30.4. The van der Waals surface area contributed by atoms with E-state index in [-0.39, 0.29) is 29.8 Å². The summed E-state index contributed by atoms with van der Waals surface area (Å²) in [7, 11) is -2.65. The number of ether oxygens (including phenoxy) is 1. The molecule has 0 aliphatic rings. The molecule has 0 aromatic heterocycles. The molecule has 0 spiro atoms. The molecule has 236 valence electrons. The van der Waals surface area contributed by atoms with Crippen LogP contribution in [0.5, 0.6) is 5.75 Å². The van der Waals surface area contributed by atoms with Crippen molar-refractivity contribution in [1.82, 2.24) is 10.2 Å². The van der Waals surface area contributed by atoms with Crippen molar-refractivity contribution in [1.29, 1.82) is 0 Å². The molecule has 0 fully saturated rings. The summed E-state index contributed by atoms with van der Waals surface area (Å²) in [5.74, 6) is -0.280. The van der Waals surface area contributed by atoms with Gasteiger partial charge in [-0.15, -0.1) is 0 Å². The summed E-state index contributed by atoms with van der Waals surface area (Å²) in [4.78, 5) is 29.9. The molecule has 0 aliphatic carbocycles. The second kappa shape index (κ2) is 15.7. The van der Waals surface area contributed by atoms with Gasteiger partial charge in [0.2, 0.25) is 11.8 Å². The first-order chi connectivity index (χ1) is 21.6. The fraction of sp³-hybridized carbons (Fsp3) is 0.257. The van der Waals surface area contributed by atoms with Crippen molar-refractivity contribution in [2.75, 3.05) is 18.0 Å². The van der Waals surface area contributed by atoms with Crippen molar-refractivity contribution in [3.63, 3.8) is 0 Å². The number of nitrogens with zero attached hydrogens (tertiary/aromatic N) is 2. The Kier molecular flexibility index (Phi) is 11.8. The number of carbonyl (C=O) groups excluding carboxylic acids is 2. The van der Waals surface area contributed by atoms with E-state index in [2.05, 4.69) is 21.2 Å². The van der Waals surface area contributed by atoms with Crippen LogP contribution in [0.4, 0.5) is 5.69 Å². The average Bonchev–Trinajstić information content (AvgIpc) is 3.06. The number of carbonyl (C=O) groups is 2. The molecule has 4 rings (SSSR count). The average molecular weight is 693 g/mol. The summed E-state index contributed by atoms with van der Waals surface area (Å²) in [6.45, 7) is 3.46. The van der Waals surface area contributed by atoms with Crippen LogP contribution in [-0.2, 0) is 32.6 Å². The predicted octanol–water partition coefficient (Wildman–Crippen LogP) is 6.21. The standard InChI is InChI=1S/C35H38BrN3O5S/c1-4-26(2)37-35(41)33(23-27-11-7-5-8-12-27)38(24-28-15-17-29(36)18-16-28)34(40)25-39(30-19-21-31(44-3)22-20-30)45(42,43)32-13-9-6-10-14-32/h5-22,26,33H,4,23-25H2,1-3H3,(H,37,41). The maximum Gasteiger partial charge on any atom is 0.264 e. The maximum absolute atomic E-state index is 14.5. The molecule has 45 heavy (non-hydrogen) atoms. The zero-order valence-corrected chi connectivity index (χ0v) is 28.0. The predicted molar refractivity (Wildman–Crippen MR) is 180 cm³/mol. The number of hydrogen-bond acceptors (Lipinski definition) is 5. The van der Waals surface area contributed by atoms with E-state index in [1.807, 2.05) is 68.4 Å². The van der Waals surface area contributed by atoms with Gasteiger partial charge in [-0.3, -0.25) is 13.9 Å². The highest BCUT2D eigenvalue weighted by atomic mass is 79.9. The molecule has 4 aromatic rings. The Hall–Kier alpha value is -4.15. The van der Waals surface area contributed by atoms with Gasteiger partial charge in [-0.1, -0.05) is 83.5 Å². The van der Waals surface area contributed by atoms with Crippen molar-refractivity contribution in [2.45, 2.75) is 50.2 Å². The number of halogens is 1. The van der Waals surface area contributed by atoms with Gasteiger partial charge in [-0.2, -0.15) is 0 Å². The summed E-state index contributed by atoms with van der Waals surface area (Å²) < 4.78 is 35.4. The molecular formula is C35H38BrN3O5S. The van der Waals surface area contributed by atoms with Crippen LogP contribution in [0.15, 0.2) is 119 Å². The third-order valence-electron chi connectivity index (χ3n) is 7.51. The van der Waals surface area contributed by atoms with E-state index in [0.29, 0.717) is 17.9 Å². The Morgan fingerprint density at radius 3 is 2.02 bits per heavy atom. The van der Waals surface area contributed by atoms with E-state index in [4.69, 9.17) is 4.74 Å². The normalized spacial score (nSPS) is 12.5. The van der Waals surface area contributed by atoms with Gasteiger partial charge in [0.15, 0.2) is 0 Å². The number of benzene rings is 4. The van der Waals surface area contributed by atoms with E-state index in [0.717, 1.165) is 19.9 Å². The van der Waals surface area contributed by atoms with Crippen LogP contribution < -0.4 is 14.4 Å². The zero-order valence-electron chi connectivity index (χ0n) is 25.6. The van der Waals surface area contributed by atoms with Crippen LogP contribution in [0.25, 0.3) is 0 Å². The fourth-order valence-electron chi connectivity index (χ4n) is 4.78. The first-order valence-corrected chi connectivity index (χ1v) is 17.0. The van der Waals surface area contributed by atoms with Gasteiger partial charge in [0.1, 0.15) is 18.3 Å². The number of amides is 2. The Balaban J connectivity index is 1.79. The van der Waals surface area contributed by atoms with Crippen molar-refractivity contribution in [3.05, 3.63) is 125 Å². The smallest absolute Gasteiger partial charge is 0.264 e. The summed E-state index contributed by atoms with van der Waals surface area (Å²) in [6.07, 6.45) is 0.963. The minimum Gasteiger partial charge on any atom is -0.497 e. The summed E-state index contributed by atoms with van der Waals surface area (Å²) in [5, 5.41) is 3.05. The van der Waals surface area contributed by atoms with E-state index < -0.39 is 28.5 Å². The third-order valence-corrected chi connectivity index (χ3v) is 9.83. The van der Waals surface area contributed by atoms with Crippen LogP contribution in [0.1, 0.15) is 31.4 Å². The Labute approximate surface area is 274 Å². The van der Waals surface area contributed by atoms with E-state index in [1.54, 1.807) is 42.5 Å². The van der Waals surface area contributed by atoms with Crippen LogP contribution >= 0.6 is 15.9 Å². The quantitative estimate of drug-likeness (QED) is 0.170. The minimum atomic E-state index is -4.17. The van der Waals surface area contributed by atoms with Gasteiger partial charge >= 0.3 is 0 Å². The summed E-state index contributed by atoms with van der Waals surface area (Å²) in [5.41, 5.74) is 1.96. The molecule has 2 atom stereocenters. The third kappa shape index (κ3) is 8.95. The van der Waals surface area contributed by atoms with Gasteiger partial charge in [-0.25, -0.2) is 8.42 Å². The molecule has 1 N–H and O–H groups in total. The van der Waals surface area contributed by atoms with Gasteiger partial charge in [0, 0.05) is 23.5 Å². The zero-order chi connectivity index (χ0) is 32.4. The molecule has 2 amide bonds. The second-order valence-electron chi connectivity index (χ2n) is 10.7. The minimum absolute atomic E-state index is 0.0448. The lowest BCUT2D eigenvalue weighted by Crippen LogP contribution is -2.54. The van der Waals surface area contributed by atoms with Gasteiger partial charge in [-0.05, 0) is 73.0 Å². The van der Waals surface area contributed by atoms with Crippen LogP contribution in [-0.4, -0.2) is 50.9 Å². The highest BCUT2D eigenvalue weighted by molar-refractivity contribution is 9.10. The number of nitrogens with one attached hydrogen (secondary N) is 1. The van der Waals surface area contributed by atoms with Crippen molar-refractivity contribution >= 4 is 43.5 Å². The van der Waals surface area contributed by atoms with Crippen LogP contribution in [0.3, 0.4) is 0 Å². The first kappa shape index (κ1) is 33.7. The Morgan fingerprint density at radius 1 is 0.844 bits per heavy atom.